The first-order valence-electron chi connectivity index (χ1n) is 14.6. The van der Waals surface area contributed by atoms with Crippen LogP contribution >= 0.6 is 11.3 Å². The summed E-state index contributed by atoms with van der Waals surface area (Å²) in [4.78, 5) is 18.5. The van der Waals surface area contributed by atoms with Crippen molar-refractivity contribution in [2.45, 2.75) is 56.4 Å². The number of thiophene rings is 1. The van der Waals surface area contributed by atoms with E-state index < -0.39 is 16.0 Å². The van der Waals surface area contributed by atoms with E-state index in [0.29, 0.717) is 11.3 Å². The summed E-state index contributed by atoms with van der Waals surface area (Å²) in [7, 11) is -2.80. The van der Waals surface area contributed by atoms with Crippen LogP contribution in [0.15, 0.2) is 95.2 Å². The number of para-hydroxylation sites is 1. The third-order valence-electron chi connectivity index (χ3n) is 8.21. The minimum atomic E-state index is -4.11. The number of anilines is 1. The van der Waals surface area contributed by atoms with Crippen molar-refractivity contribution >= 4 is 43.9 Å². The molecule has 2 heterocycles. The average molecular weight is 611 g/mol. The summed E-state index contributed by atoms with van der Waals surface area (Å²) in [5.74, 6) is -0.268. The Balaban J connectivity index is 1.64. The molecule has 1 saturated carbocycles. The fourth-order valence-electron chi connectivity index (χ4n) is 5.96. The number of esters is 1. The molecule has 1 aliphatic rings. The lowest BCUT2D eigenvalue weighted by atomic mass is 9.84. The Kier molecular flexibility index (Phi) is 8.32. The van der Waals surface area contributed by atoms with Gasteiger partial charge in [0.25, 0.3) is 10.0 Å². The van der Waals surface area contributed by atoms with Gasteiger partial charge in [0.15, 0.2) is 0 Å². The maximum atomic E-state index is 14.8. The van der Waals surface area contributed by atoms with E-state index in [2.05, 4.69) is 6.07 Å². The summed E-state index contributed by atoms with van der Waals surface area (Å²) in [6.45, 7) is 2.15. The molecule has 0 unspecified atom stereocenters. The Morgan fingerprint density at radius 2 is 1.65 bits per heavy atom. The highest BCUT2D eigenvalue weighted by molar-refractivity contribution is 7.92. The standard InChI is InChI=1S/C35H34N2O4S2/c1-24-14-16-25(17-15-24)23-37(43(39,40)28-20-18-27(19-21-28)35(38)41-2)34-29-11-6-7-12-30(29)36-33(26-9-4-3-5-10-26)32(34)31-13-8-22-42-31/h6-8,11-22,26H,3-5,9-10,23H2,1-2H3. The van der Waals surface area contributed by atoms with Crippen LogP contribution in [0.4, 0.5) is 5.69 Å². The number of carbonyl (C=O) groups excluding carboxylic acids is 1. The normalized spacial score (nSPS) is 14.1. The molecule has 0 bridgehead atoms. The third kappa shape index (κ3) is 5.82. The zero-order chi connectivity index (χ0) is 30.0. The number of benzene rings is 3. The largest absolute Gasteiger partial charge is 0.465 e. The number of carbonyl (C=O) groups is 1. The van der Waals surface area contributed by atoms with E-state index in [0.717, 1.165) is 63.8 Å². The highest BCUT2D eigenvalue weighted by atomic mass is 32.2. The SMILES string of the molecule is COC(=O)c1ccc(S(=O)(=O)N(Cc2ccc(C)cc2)c2c(-c3cccs3)c(C3CCCCC3)nc3ccccc23)cc1. The quantitative estimate of drug-likeness (QED) is 0.165. The van der Waals surface area contributed by atoms with E-state index in [1.165, 1.54) is 37.8 Å². The van der Waals surface area contributed by atoms with Gasteiger partial charge in [-0.2, -0.15) is 0 Å². The van der Waals surface area contributed by atoms with Gasteiger partial charge < -0.3 is 4.74 Å². The van der Waals surface area contributed by atoms with Crippen molar-refractivity contribution in [1.82, 2.24) is 4.98 Å². The molecule has 0 amide bonds. The van der Waals surface area contributed by atoms with Crippen molar-refractivity contribution in [3.05, 3.63) is 113 Å². The lowest BCUT2D eigenvalue weighted by Crippen LogP contribution is -2.32. The van der Waals surface area contributed by atoms with Crippen LogP contribution in [-0.2, 0) is 21.3 Å². The van der Waals surface area contributed by atoms with Crippen LogP contribution in [-0.4, -0.2) is 26.5 Å². The van der Waals surface area contributed by atoms with Gasteiger partial charge in [0.1, 0.15) is 0 Å². The van der Waals surface area contributed by atoms with Crippen molar-refractivity contribution < 1.29 is 17.9 Å². The summed E-state index contributed by atoms with van der Waals surface area (Å²) in [6, 6.07) is 25.9. The molecule has 0 atom stereocenters. The van der Waals surface area contributed by atoms with Gasteiger partial charge in [-0.05, 0) is 67.1 Å². The molecule has 3 aromatic carbocycles. The van der Waals surface area contributed by atoms with Gasteiger partial charge in [-0.15, -0.1) is 11.3 Å². The zero-order valence-corrected chi connectivity index (χ0v) is 26.0. The predicted octanol–water partition coefficient (Wildman–Crippen LogP) is 8.50. The molecule has 220 valence electrons. The van der Waals surface area contributed by atoms with Crippen LogP contribution in [0.3, 0.4) is 0 Å². The topological polar surface area (TPSA) is 76.6 Å². The molecule has 0 saturated heterocycles. The minimum absolute atomic E-state index is 0.101. The van der Waals surface area contributed by atoms with Crippen LogP contribution in [0.2, 0.25) is 0 Å². The first kappa shape index (κ1) is 29.1. The summed E-state index contributed by atoms with van der Waals surface area (Å²) in [5.41, 5.74) is 5.56. The molecule has 0 aliphatic heterocycles. The lowest BCUT2D eigenvalue weighted by Gasteiger charge is -2.31. The van der Waals surface area contributed by atoms with Crippen LogP contribution in [0.1, 0.15) is 65.2 Å². The van der Waals surface area contributed by atoms with E-state index >= 15 is 0 Å². The van der Waals surface area contributed by atoms with Gasteiger partial charge in [0, 0.05) is 21.7 Å². The van der Waals surface area contributed by atoms with Gasteiger partial charge in [0.05, 0.1) is 41.0 Å². The fraction of sp³-hybridized carbons (Fsp3) is 0.257. The van der Waals surface area contributed by atoms with Gasteiger partial charge in [-0.3, -0.25) is 9.29 Å². The van der Waals surface area contributed by atoms with E-state index in [9.17, 15) is 13.2 Å². The molecule has 1 fully saturated rings. The maximum absolute atomic E-state index is 14.8. The zero-order valence-electron chi connectivity index (χ0n) is 24.3. The molecule has 43 heavy (non-hydrogen) atoms. The first-order valence-corrected chi connectivity index (χ1v) is 16.9. The Bertz CT molecular complexity index is 1840. The molecule has 0 N–H and O–H groups in total. The van der Waals surface area contributed by atoms with Gasteiger partial charge in [-0.25, -0.2) is 13.2 Å². The smallest absolute Gasteiger partial charge is 0.337 e. The second kappa shape index (κ2) is 12.3. The summed E-state index contributed by atoms with van der Waals surface area (Å²) < 4.78 is 36.0. The number of hydrogen-bond acceptors (Lipinski definition) is 6. The Hall–Kier alpha value is -4.01. The number of methoxy groups -OCH3 is 1. The van der Waals surface area contributed by atoms with E-state index in [1.807, 2.05) is 66.9 Å². The van der Waals surface area contributed by atoms with E-state index in [-0.39, 0.29) is 17.4 Å². The maximum Gasteiger partial charge on any atom is 0.337 e. The Morgan fingerprint density at radius 3 is 2.33 bits per heavy atom. The van der Waals surface area contributed by atoms with Crippen molar-refractivity contribution in [3.63, 3.8) is 0 Å². The van der Waals surface area contributed by atoms with Crippen molar-refractivity contribution in [1.29, 1.82) is 0 Å². The number of aromatic nitrogens is 1. The molecule has 8 heteroatoms. The number of ether oxygens (including phenoxy) is 1. The summed E-state index contributed by atoms with van der Waals surface area (Å²) in [6.07, 6.45) is 5.54. The molecular formula is C35H34N2O4S2. The minimum Gasteiger partial charge on any atom is -0.465 e. The number of nitrogens with zero attached hydrogens (tertiary/aromatic N) is 2. The number of aryl methyl sites for hydroxylation is 1. The summed E-state index contributed by atoms with van der Waals surface area (Å²) in [5, 5.41) is 2.82. The number of rotatable bonds is 8. The van der Waals surface area contributed by atoms with Crippen molar-refractivity contribution in [2.75, 3.05) is 11.4 Å². The number of hydrogen-bond donors (Lipinski definition) is 0. The predicted molar refractivity (Wildman–Crippen MR) is 173 cm³/mol. The number of fused-ring (bicyclic) bond motifs is 1. The van der Waals surface area contributed by atoms with Crippen LogP contribution < -0.4 is 4.31 Å². The highest BCUT2D eigenvalue weighted by Crippen LogP contribution is 2.47. The van der Waals surface area contributed by atoms with Crippen LogP contribution in [0.25, 0.3) is 21.3 Å². The van der Waals surface area contributed by atoms with Crippen molar-refractivity contribution in [3.8, 4) is 10.4 Å². The Morgan fingerprint density at radius 1 is 0.930 bits per heavy atom. The molecular weight excluding hydrogens is 577 g/mol. The Labute approximate surface area is 257 Å². The second-order valence-corrected chi connectivity index (χ2v) is 13.9. The molecule has 6 rings (SSSR count). The molecule has 0 spiro atoms. The lowest BCUT2D eigenvalue weighted by molar-refractivity contribution is 0.0600. The summed E-state index contributed by atoms with van der Waals surface area (Å²) >= 11 is 1.60. The van der Waals surface area contributed by atoms with E-state index in [4.69, 9.17) is 9.72 Å². The van der Waals surface area contributed by atoms with E-state index in [1.54, 1.807) is 15.6 Å². The highest BCUT2D eigenvalue weighted by Gasteiger charge is 2.33. The molecule has 1 aliphatic carbocycles. The van der Waals surface area contributed by atoms with Gasteiger partial charge >= 0.3 is 5.97 Å². The molecule has 2 aromatic heterocycles. The van der Waals surface area contributed by atoms with Crippen molar-refractivity contribution in [2.24, 2.45) is 0 Å². The average Bonchev–Trinajstić information content (AvgIpc) is 3.58. The monoisotopic (exact) mass is 610 g/mol. The van der Waals surface area contributed by atoms with Gasteiger partial charge in [0.2, 0.25) is 0 Å². The first-order chi connectivity index (χ1) is 20.9. The fourth-order valence-corrected chi connectivity index (χ4v) is 8.22. The number of sulfonamides is 1. The molecule has 6 nitrogen and oxygen atoms in total. The second-order valence-electron chi connectivity index (χ2n) is 11.1. The van der Waals surface area contributed by atoms with Gasteiger partial charge in [-0.1, -0.05) is 73.4 Å². The van der Waals surface area contributed by atoms with Crippen LogP contribution in [0.5, 0.6) is 0 Å². The third-order valence-corrected chi connectivity index (χ3v) is 10.9. The number of pyridine rings is 1. The molecule has 0 radical (unpaired) electrons. The molecule has 5 aromatic rings. The van der Waals surface area contributed by atoms with Crippen LogP contribution in [0, 0.1) is 6.92 Å².